The minimum absolute atomic E-state index is 0.323. The van der Waals surface area contributed by atoms with E-state index >= 15 is 0 Å². The highest BCUT2D eigenvalue weighted by atomic mass is 32.2. The van der Waals surface area contributed by atoms with Gasteiger partial charge in [0.2, 0.25) is 11.1 Å². The quantitative estimate of drug-likeness (QED) is 0.329. The van der Waals surface area contributed by atoms with Crippen LogP contribution in [0, 0.1) is 0 Å². The Morgan fingerprint density at radius 3 is 2.63 bits per heavy atom. The maximum Gasteiger partial charge on any atom is 0.338 e. The molecule has 0 saturated heterocycles. The van der Waals surface area contributed by atoms with E-state index < -0.39 is 6.04 Å². The van der Waals surface area contributed by atoms with Crippen molar-refractivity contribution in [2.75, 3.05) is 24.3 Å². The molecule has 0 amide bonds. The molecule has 3 rings (SSSR count). The maximum atomic E-state index is 13.0. The summed E-state index contributed by atoms with van der Waals surface area (Å²) in [5, 5.41) is 8.64. The summed E-state index contributed by atoms with van der Waals surface area (Å²) in [6.45, 7) is 9.04. The van der Waals surface area contributed by atoms with E-state index in [1.807, 2.05) is 38.1 Å². The van der Waals surface area contributed by atoms with E-state index in [0.29, 0.717) is 29.9 Å². The third-order valence-electron chi connectivity index (χ3n) is 4.73. The van der Waals surface area contributed by atoms with Gasteiger partial charge in [-0.1, -0.05) is 44.2 Å². The Morgan fingerprint density at radius 1 is 1.20 bits per heavy atom. The third-order valence-corrected chi connectivity index (χ3v) is 5.77. The zero-order valence-corrected chi connectivity index (χ0v) is 18.9. The number of ether oxygens (including phenoxy) is 2. The molecule has 2 aromatic rings. The molecule has 0 saturated carbocycles. The number of nitrogens with zero attached hydrogens (tertiary/aromatic N) is 3. The van der Waals surface area contributed by atoms with Crippen molar-refractivity contribution in [2.24, 2.45) is 0 Å². The number of thioether (sulfide) groups is 1. The topological polar surface area (TPSA) is 78.3 Å². The van der Waals surface area contributed by atoms with E-state index in [1.165, 1.54) is 0 Å². The molecule has 8 heteroatoms. The zero-order chi connectivity index (χ0) is 21.5. The molecule has 7 nitrogen and oxygen atoms in total. The lowest BCUT2D eigenvalue weighted by atomic mass is 9.96. The number of benzene rings is 1. The van der Waals surface area contributed by atoms with Crippen LogP contribution in [-0.2, 0) is 9.53 Å². The Hall–Kier alpha value is -2.48. The van der Waals surface area contributed by atoms with Crippen LogP contribution in [0.4, 0.5) is 5.95 Å². The highest BCUT2D eigenvalue weighted by Crippen LogP contribution is 2.37. The third kappa shape index (κ3) is 4.98. The minimum atomic E-state index is -0.408. The number of rotatable bonds is 10. The summed E-state index contributed by atoms with van der Waals surface area (Å²) in [6.07, 6.45) is 2.85. The second-order valence-corrected chi connectivity index (χ2v) is 8.13. The Balaban J connectivity index is 1.99. The Kier molecular flexibility index (Phi) is 7.79. The van der Waals surface area contributed by atoms with Gasteiger partial charge in [-0.05, 0) is 44.4 Å². The number of allylic oxidation sites excluding steroid dienone is 1. The van der Waals surface area contributed by atoms with Gasteiger partial charge >= 0.3 is 5.97 Å². The van der Waals surface area contributed by atoms with Crippen LogP contribution in [0.2, 0.25) is 0 Å². The van der Waals surface area contributed by atoms with E-state index in [2.05, 4.69) is 24.1 Å². The molecule has 0 bridgehead atoms. The summed E-state index contributed by atoms with van der Waals surface area (Å²) >= 11 is 1.61. The smallest absolute Gasteiger partial charge is 0.338 e. The molecule has 1 N–H and O–H groups in total. The number of carbonyl (C=O) groups is 1. The number of hydrogen-bond donors (Lipinski definition) is 1. The Labute approximate surface area is 182 Å². The van der Waals surface area contributed by atoms with Crippen LogP contribution in [0.25, 0.3) is 0 Å². The lowest BCUT2D eigenvalue weighted by Crippen LogP contribution is -2.29. The van der Waals surface area contributed by atoms with Crippen LogP contribution in [0.15, 0.2) is 40.7 Å². The van der Waals surface area contributed by atoms with Gasteiger partial charge in [0.05, 0.1) is 18.8 Å². The number of unbranched alkanes of at least 4 members (excludes halogenated alkanes) is 1. The van der Waals surface area contributed by atoms with Gasteiger partial charge in [-0.25, -0.2) is 9.48 Å². The number of aromatic nitrogens is 3. The fraction of sp³-hybridized carbons (Fsp3) is 0.500. The predicted octanol–water partition coefficient (Wildman–Crippen LogP) is 4.81. The van der Waals surface area contributed by atoms with E-state index in [1.54, 1.807) is 16.4 Å². The molecule has 1 atom stereocenters. The zero-order valence-electron chi connectivity index (χ0n) is 18.1. The molecular formula is C22H30N4O3S. The average molecular weight is 431 g/mol. The standard InChI is InChI=1S/C22H30N4O3S/c1-5-8-13-29-20(27)18-15(4)23-21-24-22(30-14-6-2)25-26(21)19(18)16-9-11-17(12-10-16)28-7-3/h9-12,19H,5-8,13-14H2,1-4H3,(H,23,24,25). The highest BCUT2D eigenvalue weighted by Gasteiger charge is 2.35. The monoisotopic (exact) mass is 430 g/mol. The van der Waals surface area contributed by atoms with E-state index in [9.17, 15) is 4.79 Å². The van der Waals surface area contributed by atoms with Gasteiger partial charge in [0.15, 0.2) is 0 Å². The second-order valence-electron chi connectivity index (χ2n) is 7.07. The van der Waals surface area contributed by atoms with Gasteiger partial charge in [-0.15, -0.1) is 5.10 Å². The summed E-state index contributed by atoms with van der Waals surface area (Å²) in [7, 11) is 0. The number of carbonyl (C=O) groups excluding carboxylic acids is 1. The lowest BCUT2D eigenvalue weighted by Gasteiger charge is -2.28. The fourth-order valence-corrected chi connectivity index (χ4v) is 3.94. The Bertz CT molecular complexity index is 892. The molecule has 1 aliphatic heterocycles. The van der Waals surface area contributed by atoms with Crippen molar-refractivity contribution in [3.8, 4) is 5.75 Å². The summed E-state index contributed by atoms with van der Waals surface area (Å²) in [5.74, 6) is 2.04. The maximum absolute atomic E-state index is 13.0. The van der Waals surface area contributed by atoms with Crippen LogP contribution in [0.3, 0.4) is 0 Å². The normalized spacial score (nSPS) is 15.5. The first-order valence-electron chi connectivity index (χ1n) is 10.6. The first-order valence-corrected chi connectivity index (χ1v) is 11.5. The summed E-state index contributed by atoms with van der Waals surface area (Å²) in [5.41, 5.74) is 2.22. The second kappa shape index (κ2) is 10.5. The molecule has 1 aliphatic rings. The van der Waals surface area contributed by atoms with Crippen LogP contribution >= 0.6 is 11.8 Å². The molecule has 0 fully saturated rings. The van der Waals surface area contributed by atoms with Crippen molar-refractivity contribution >= 4 is 23.7 Å². The molecule has 30 heavy (non-hydrogen) atoms. The molecule has 1 unspecified atom stereocenters. The van der Waals surface area contributed by atoms with E-state index in [0.717, 1.165) is 42.0 Å². The van der Waals surface area contributed by atoms with Gasteiger partial charge in [0.1, 0.15) is 11.8 Å². The molecule has 0 spiro atoms. The number of fused-ring (bicyclic) bond motifs is 1. The minimum Gasteiger partial charge on any atom is -0.494 e. The van der Waals surface area contributed by atoms with E-state index in [4.69, 9.17) is 14.6 Å². The summed E-state index contributed by atoms with van der Waals surface area (Å²) in [4.78, 5) is 17.6. The molecule has 1 aromatic heterocycles. The van der Waals surface area contributed by atoms with Crippen molar-refractivity contribution in [3.63, 3.8) is 0 Å². The fourth-order valence-electron chi connectivity index (χ4n) is 3.26. The van der Waals surface area contributed by atoms with Crippen LogP contribution in [-0.4, -0.2) is 39.7 Å². The van der Waals surface area contributed by atoms with Crippen LogP contribution in [0.1, 0.15) is 58.6 Å². The van der Waals surface area contributed by atoms with Crippen LogP contribution < -0.4 is 10.1 Å². The van der Waals surface area contributed by atoms with Crippen LogP contribution in [0.5, 0.6) is 5.75 Å². The number of hydrogen-bond acceptors (Lipinski definition) is 7. The van der Waals surface area contributed by atoms with Crippen molar-refractivity contribution in [1.82, 2.24) is 14.8 Å². The number of nitrogens with one attached hydrogen (secondary N) is 1. The first kappa shape index (κ1) is 22.2. The summed E-state index contributed by atoms with van der Waals surface area (Å²) < 4.78 is 12.9. The largest absolute Gasteiger partial charge is 0.494 e. The Morgan fingerprint density at radius 2 is 1.97 bits per heavy atom. The highest BCUT2D eigenvalue weighted by molar-refractivity contribution is 7.99. The number of esters is 1. The average Bonchev–Trinajstić information content (AvgIpc) is 3.14. The van der Waals surface area contributed by atoms with Gasteiger partial charge in [0, 0.05) is 11.4 Å². The van der Waals surface area contributed by atoms with Crippen molar-refractivity contribution < 1.29 is 14.3 Å². The molecular weight excluding hydrogens is 400 g/mol. The van der Waals surface area contributed by atoms with Gasteiger partial charge in [-0.2, -0.15) is 4.98 Å². The summed E-state index contributed by atoms with van der Waals surface area (Å²) in [6, 6.07) is 7.36. The van der Waals surface area contributed by atoms with Crippen molar-refractivity contribution in [1.29, 1.82) is 0 Å². The number of anilines is 1. The predicted molar refractivity (Wildman–Crippen MR) is 119 cm³/mol. The van der Waals surface area contributed by atoms with E-state index in [-0.39, 0.29) is 5.97 Å². The first-order chi connectivity index (χ1) is 14.6. The molecule has 1 aromatic carbocycles. The van der Waals surface area contributed by atoms with Gasteiger partial charge in [0.25, 0.3) is 0 Å². The van der Waals surface area contributed by atoms with Crippen molar-refractivity contribution in [3.05, 3.63) is 41.1 Å². The molecule has 2 heterocycles. The van der Waals surface area contributed by atoms with Gasteiger partial charge < -0.3 is 14.8 Å². The molecule has 0 aliphatic carbocycles. The SMILES string of the molecule is CCCCOC(=O)C1=C(C)Nc2nc(SCCC)nn2C1c1ccc(OCC)cc1. The molecule has 162 valence electrons. The lowest BCUT2D eigenvalue weighted by molar-refractivity contribution is -0.139. The molecule has 0 radical (unpaired) electrons. The van der Waals surface area contributed by atoms with Crippen molar-refractivity contribution in [2.45, 2.75) is 58.2 Å². The van der Waals surface area contributed by atoms with Gasteiger partial charge in [-0.3, -0.25) is 0 Å².